The maximum absolute atomic E-state index is 11.9. The van der Waals surface area contributed by atoms with Crippen molar-refractivity contribution in [2.75, 3.05) is 31.1 Å². The van der Waals surface area contributed by atoms with Crippen LogP contribution in [0.15, 0.2) is 60.7 Å². The van der Waals surface area contributed by atoms with Gasteiger partial charge in [0.15, 0.2) is 5.78 Å². The van der Waals surface area contributed by atoms with E-state index in [1.807, 2.05) is 60.7 Å². The Morgan fingerprint density at radius 1 is 1.03 bits per heavy atom. The number of anilines is 1. The normalized spacial score (nSPS) is 15.7. The number of carboxylic acids is 1. The van der Waals surface area contributed by atoms with Crippen molar-refractivity contribution in [3.63, 3.8) is 0 Å². The summed E-state index contributed by atoms with van der Waals surface area (Å²) in [5, 5.41) is 12.6. The first-order valence-corrected chi connectivity index (χ1v) is 13.0. The molecule has 1 N–H and O–H groups in total. The quantitative estimate of drug-likeness (QED) is 0.290. The molecular weight excluding hydrogens is 490 g/mol. The molecular formula is C28H28N3O5S-. The molecule has 1 aliphatic heterocycles. The van der Waals surface area contributed by atoms with Gasteiger partial charge in [0.1, 0.15) is 0 Å². The van der Waals surface area contributed by atoms with Crippen LogP contribution in [0.2, 0.25) is 0 Å². The van der Waals surface area contributed by atoms with Gasteiger partial charge in [0.25, 0.3) is 0 Å². The molecule has 9 heteroatoms. The highest BCUT2D eigenvalue weighted by Crippen LogP contribution is 2.22. The molecule has 8 nitrogen and oxygen atoms in total. The average Bonchev–Trinajstić information content (AvgIpc) is 2.87. The minimum atomic E-state index is -2.54. The Labute approximate surface area is 218 Å². The maximum Gasteiger partial charge on any atom is 0.305 e. The second-order valence-corrected chi connectivity index (χ2v) is 9.81. The zero-order valence-electron chi connectivity index (χ0n) is 20.7. The third-order valence-electron chi connectivity index (χ3n) is 6.38. The van der Waals surface area contributed by atoms with Crippen molar-refractivity contribution in [2.24, 2.45) is 0 Å². The van der Waals surface area contributed by atoms with E-state index in [9.17, 15) is 18.4 Å². The van der Waals surface area contributed by atoms with Crippen molar-refractivity contribution < 1.29 is 23.5 Å². The van der Waals surface area contributed by atoms with Crippen LogP contribution in [-0.2, 0) is 16.1 Å². The van der Waals surface area contributed by atoms with Crippen LogP contribution >= 0.6 is 0 Å². The van der Waals surface area contributed by atoms with E-state index in [-0.39, 0.29) is 12.2 Å². The van der Waals surface area contributed by atoms with Crippen LogP contribution in [-0.4, -0.2) is 67.3 Å². The smallest absolute Gasteiger partial charge is 0.305 e. The summed E-state index contributed by atoms with van der Waals surface area (Å²) < 4.78 is 24.6. The van der Waals surface area contributed by atoms with Crippen LogP contribution < -0.4 is 4.90 Å². The number of Topliss-reactive ketones (excluding diaryl/α,β-unsaturated/α-hetero) is 1. The van der Waals surface area contributed by atoms with E-state index in [4.69, 9.17) is 5.11 Å². The maximum atomic E-state index is 11.9. The minimum absolute atomic E-state index is 0.0383. The molecule has 0 saturated carbocycles. The number of aliphatic carboxylic acids is 1. The fourth-order valence-corrected chi connectivity index (χ4v) is 5.29. The molecule has 2 atom stereocenters. The second kappa shape index (κ2) is 11.7. The summed E-state index contributed by atoms with van der Waals surface area (Å²) in [6.07, 6.45) is -0.255. The molecule has 0 spiro atoms. The number of hydrazine groups is 1. The first-order valence-electron chi connectivity index (χ1n) is 12.0. The van der Waals surface area contributed by atoms with Gasteiger partial charge in [-0.3, -0.25) is 13.8 Å². The zero-order valence-corrected chi connectivity index (χ0v) is 21.5. The summed E-state index contributed by atoms with van der Waals surface area (Å²) in [5.41, 5.74) is 3.46. The van der Waals surface area contributed by atoms with E-state index in [0.29, 0.717) is 31.7 Å². The predicted octanol–water partition coefficient (Wildman–Crippen LogP) is 3.44. The number of carbonyl (C=O) groups is 2. The number of carboxylic acid groups (broad SMARTS) is 1. The lowest BCUT2D eigenvalue weighted by atomic mass is 10.00. The Balaban J connectivity index is 1.40. The third-order valence-corrected chi connectivity index (χ3v) is 7.27. The predicted molar refractivity (Wildman–Crippen MR) is 143 cm³/mol. The molecule has 3 aromatic rings. The molecule has 0 aliphatic carbocycles. The largest absolute Gasteiger partial charge is 0.759 e. The lowest BCUT2D eigenvalue weighted by Crippen LogP contribution is -2.57. The third kappa shape index (κ3) is 6.42. The highest BCUT2D eigenvalue weighted by molar-refractivity contribution is 7.76. The van der Waals surface area contributed by atoms with Crippen molar-refractivity contribution in [2.45, 2.75) is 26.3 Å². The molecule has 2 unspecified atom stereocenters. The lowest BCUT2D eigenvalue weighted by Gasteiger charge is -2.44. The van der Waals surface area contributed by atoms with Crippen LogP contribution in [0, 0.1) is 11.8 Å². The van der Waals surface area contributed by atoms with Gasteiger partial charge in [-0.05, 0) is 61.0 Å². The number of piperazine rings is 1. The van der Waals surface area contributed by atoms with E-state index in [2.05, 4.69) is 16.7 Å². The summed E-state index contributed by atoms with van der Waals surface area (Å²) in [6, 6.07) is 18.8. The van der Waals surface area contributed by atoms with Gasteiger partial charge in [-0.1, -0.05) is 36.1 Å². The monoisotopic (exact) mass is 518 g/mol. The number of carbonyl (C=O) groups excluding carboxylic acids is 1. The zero-order chi connectivity index (χ0) is 26.5. The van der Waals surface area contributed by atoms with Crippen LogP contribution in [0.1, 0.15) is 41.8 Å². The molecule has 4 rings (SSSR count). The second-order valence-electron chi connectivity index (χ2n) is 9.00. The van der Waals surface area contributed by atoms with E-state index in [1.54, 1.807) is 18.9 Å². The van der Waals surface area contributed by atoms with E-state index < -0.39 is 23.3 Å². The van der Waals surface area contributed by atoms with E-state index >= 15 is 0 Å². The van der Waals surface area contributed by atoms with Crippen LogP contribution in [0.3, 0.4) is 0 Å². The highest BCUT2D eigenvalue weighted by Gasteiger charge is 2.28. The topological polar surface area (TPSA) is 104 Å². The molecule has 0 amide bonds. The van der Waals surface area contributed by atoms with Crippen LogP contribution in [0.25, 0.3) is 10.8 Å². The Hall–Kier alpha value is -3.55. The molecule has 37 heavy (non-hydrogen) atoms. The molecule has 0 radical (unpaired) electrons. The summed E-state index contributed by atoms with van der Waals surface area (Å²) >= 11 is -2.54. The number of rotatable bonds is 7. The molecule has 192 valence electrons. The van der Waals surface area contributed by atoms with Crippen molar-refractivity contribution in [3.8, 4) is 11.8 Å². The standard InChI is InChI=1S/C28H29N3O5S/c1-20(18-28(33)34)31(37(35)36)30-16-14-29(15-17-30)25-11-8-22(9-12-25)6-7-23-10-13-27-24(19-23)4-3-5-26(27)21(2)32/h3-5,8-13,19-20H,14-18H2,1-2H3,(H,33,34)(H,35,36)/p-1. The van der Waals surface area contributed by atoms with Crippen LogP contribution in [0.4, 0.5) is 5.69 Å². The number of hydrogen-bond acceptors (Lipinski definition) is 6. The number of hydrogen-bond donors (Lipinski definition) is 1. The molecule has 3 aromatic carbocycles. The molecule has 1 fully saturated rings. The average molecular weight is 519 g/mol. The number of benzene rings is 3. The first-order chi connectivity index (χ1) is 17.7. The number of fused-ring (bicyclic) bond motifs is 1. The van der Waals surface area contributed by atoms with Gasteiger partial charge < -0.3 is 14.6 Å². The fourth-order valence-electron chi connectivity index (χ4n) is 4.57. The Kier molecular flexibility index (Phi) is 8.36. The van der Waals surface area contributed by atoms with E-state index in [1.165, 1.54) is 0 Å². The van der Waals surface area contributed by atoms with Gasteiger partial charge in [0, 0.05) is 65.9 Å². The van der Waals surface area contributed by atoms with Crippen molar-refractivity contribution in [3.05, 3.63) is 77.4 Å². The van der Waals surface area contributed by atoms with Crippen molar-refractivity contribution in [1.82, 2.24) is 9.42 Å². The summed E-state index contributed by atoms with van der Waals surface area (Å²) in [6.45, 7) is 5.31. The fraction of sp³-hybridized carbons (Fsp3) is 0.286. The van der Waals surface area contributed by atoms with Gasteiger partial charge in [0.2, 0.25) is 0 Å². The highest BCUT2D eigenvalue weighted by atomic mass is 32.2. The van der Waals surface area contributed by atoms with Gasteiger partial charge in [-0.2, -0.15) is 4.41 Å². The molecule has 1 aliphatic rings. The summed E-state index contributed by atoms with van der Waals surface area (Å²) in [7, 11) is 0. The Bertz CT molecular complexity index is 1390. The SMILES string of the molecule is CC(=O)c1cccc2cc(C#Cc3ccc(N4CCN(N(C(C)CC(=O)O)S(=O)[O-])CC4)cc3)ccc12. The Morgan fingerprint density at radius 2 is 1.68 bits per heavy atom. The molecule has 0 aromatic heterocycles. The van der Waals surface area contributed by atoms with Gasteiger partial charge >= 0.3 is 5.97 Å². The Morgan fingerprint density at radius 3 is 2.30 bits per heavy atom. The number of ketones is 1. The molecule has 1 saturated heterocycles. The summed E-state index contributed by atoms with van der Waals surface area (Å²) in [5.74, 6) is 5.39. The van der Waals surface area contributed by atoms with E-state index in [0.717, 1.165) is 32.0 Å². The summed E-state index contributed by atoms with van der Waals surface area (Å²) in [4.78, 5) is 25.0. The molecule has 1 heterocycles. The van der Waals surface area contributed by atoms with Crippen molar-refractivity contribution >= 4 is 39.5 Å². The van der Waals surface area contributed by atoms with Gasteiger partial charge in [-0.15, -0.1) is 0 Å². The molecule has 0 bridgehead atoms. The number of nitrogens with zero attached hydrogens (tertiary/aromatic N) is 3. The van der Waals surface area contributed by atoms with Crippen LogP contribution in [0.5, 0.6) is 0 Å². The lowest BCUT2D eigenvalue weighted by molar-refractivity contribution is -0.139. The van der Waals surface area contributed by atoms with Gasteiger partial charge in [0.05, 0.1) is 6.42 Å². The first kappa shape index (κ1) is 26.5. The van der Waals surface area contributed by atoms with Crippen molar-refractivity contribution in [1.29, 1.82) is 0 Å². The minimum Gasteiger partial charge on any atom is -0.759 e. The van der Waals surface area contributed by atoms with Gasteiger partial charge in [-0.25, -0.2) is 5.01 Å².